The van der Waals surface area contributed by atoms with Crippen molar-refractivity contribution in [2.24, 2.45) is 0 Å². The Bertz CT molecular complexity index is 1860. The normalized spacial score (nSPS) is 11.3. The van der Waals surface area contributed by atoms with Gasteiger partial charge in [-0.25, -0.2) is 19.7 Å². The summed E-state index contributed by atoms with van der Waals surface area (Å²) < 4.78 is 47.7. The Kier molecular flexibility index (Phi) is 6.88. The van der Waals surface area contributed by atoms with Gasteiger partial charge in [0.15, 0.2) is 5.65 Å². The number of hydrogen-bond acceptors (Lipinski definition) is 7. The van der Waals surface area contributed by atoms with Crippen LogP contribution >= 0.6 is 0 Å². The molecule has 4 aromatic heterocycles. The Morgan fingerprint density at radius 1 is 0.810 bits per heavy atom. The Labute approximate surface area is 235 Å². The molecular formula is C29H19F3N8O2. The van der Waals surface area contributed by atoms with Crippen molar-refractivity contribution in [3.63, 3.8) is 0 Å². The predicted octanol–water partition coefficient (Wildman–Crippen LogP) is 6.70. The Morgan fingerprint density at radius 3 is 2.33 bits per heavy atom. The van der Waals surface area contributed by atoms with Crippen molar-refractivity contribution in [1.82, 2.24) is 29.3 Å². The SMILES string of the molecule is O=C(Nc1cnc(Oc2ccc(-c3cnc4cnccn34)cc2)nc1)Nc1cc(C(F)(F)F)ccc1-c1cccnc1. The molecule has 13 heteroatoms. The largest absolute Gasteiger partial charge is 0.424 e. The molecule has 0 aliphatic rings. The predicted molar refractivity (Wildman–Crippen MR) is 148 cm³/mol. The zero-order valence-corrected chi connectivity index (χ0v) is 21.4. The lowest BCUT2D eigenvalue weighted by Gasteiger charge is -2.15. The van der Waals surface area contributed by atoms with Gasteiger partial charge in [0.2, 0.25) is 0 Å². The third-order valence-corrected chi connectivity index (χ3v) is 6.13. The highest BCUT2D eigenvalue weighted by Gasteiger charge is 2.31. The first kappa shape index (κ1) is 26.4. The van der Waals surface area contributed by atoms with E-state index in [4.69, 9.17) is 4.74 Å². The van der Waals surface area contributed by atoms with Gasteiger partial charge in [0.1, 0.15) is 5.75 Å². The van der Waals surface area contributed by atoms with E-state index in [9.17, 15) is 18.0 Å². The first-order valence-corrected chi connectivity index (χ1v) is 12.4. The molecule has 0 spiro atoms. The van der Waals surface area contributed by atoms with Crippen molar-refractivity contribution in [1.29, 1.82) is 0 Å². The number of amides is 2. The van der Waals surface area contributed by atoms with Crippen molar-refractivity contribution >= 4 is 23.1 Å². The van der Waals surface area contributed by atoms with Crippen LogP contribution < -0.4 is 15.4 Å². The lowest BCUT2D eigenvalue weighted by molar-refractivity contribution is -0.137. The maximum absolute atomic E-state index is 13.3. The molecule has 6 aromatic rings. The van der Waals surface area contributed by atoms with Crippen LogP contribution in [0.3, 0.4) is 0 Å². The molecule has 0 unspecified atom stereocenters. The summed E-state index contributed by atoms with van der Waals surface area (Å²) in [6.45, 7) is 0. The number of hydrogen-bond donors (Lipinski definition) is 2. The number of urea groups is 1. The number of rotatable bonds is 6. The van der Waals surface area contributed by atoms with Crippen LogP contribution in [0.15, 0.2) is 104 Å². The number of pyridine rings is 1. The highest BCUT2D eigenvalue weighted by molar-refractivity contribution is 6.02. The van der Waals surface area contributed by atoms with Gasteiger partial charge in [-0.1, -0.05) is 12.1 Å². The summed E-state index contributed by atoms with van der Waals surface area (Å²) >= 11 is 0. The number of benzene rings is 2. The van der Waals surface area contributed by atoms with E-state index in [1.165, 1.54) is 30.9 Å². The molecule has 42 heavy (non-hydrogen) atoms. The molecule has 10 nitrogen and oxygen atoms in total. The quantitative estimate of drug-likeness (QED) is 0.229. The minimum atomic E-state index is -4.59. The van der Waals surface area contributed by atoms with E-state index in [0.717, 1.165) is 29.0 Å². The maximum atomic E-state index is 13.3. The number of carbonyl (C=O) groups is 1. The molecule has 0 atom stereocenters. The van der Waals surface area contributed by atoms with Crippen molar-refractivity contribution in [3.8, 4) is 34.1 Å². The third kappa shape index (κ3) is 5.70. The summed E-state index contributed by atoms with van der Waals surface area (Å²) in [7, 11) is 0. The number of nitrogens with zero attached hydrogens (tertiary/aromatic N) is 6. The zero-order chi connectivity index (χ0) is 29.1. The summed E-state index contributed by atoms with van der Waals surface area (Å²) in [6.07, 6.45) is 8.01. The van der Waals surface area contributed by atoms with E-state index < -0.39 is 17.8 Å². The minimum absolute atomic E-state index is 0.0336. The Balaban J connectivity index is 1.12. The van der Waals surface area contributed by atoms with Gasteiger partial charge in [0.25, 0.3) is 0 Å². The molecule has 0 radical (unpaired) electrons. The number of aromatic nitrogens is 6. The van der Waals surface area contributed by atoms with E-state index in [0.29, 0.717) is 16.9 Å². The molecule has 0 aliphatic carbocycles. The Morgan fingerprint density at radius 2 is 1.60 bits per heavy atom. The number of carbonyl (C=O) groups excluding carboxylic acids is 1. The lowest BCUT2D eigenvalue weighted by Crippen LogP contribution is -2.20. The van der Waals surface area contributed by atoms with Crippen LogP contribution in [0.2, 0.25) is 0 Å². The molecule has 0 aliphatic heterocycles. The average Bonchev–Trinajstić information content (AvgIpc) is 3.43. The van der Waals surface area contributed by atoms with Crippen molar-refractivity contribution in [3.05, 3.63) is 110 Å². The molecule has 2 aromatic carbocycles. The van der Waals surface area contributed by atoms with Crippen LogP contribution in [-0.2, 0) is 6.18 Å². The summed E-state index contributed by atoms with van der Waals surface area (Å²) in [6, 6.07) is 12.9. The van der Waals surface area contributed by atoms with Crippen molar-refractivity contribution in [2.75, 3.05) is 10.6 Å². The average molecular weight is 569 g/mol. The van der Waals surface area contributed by atoms with Gasteiger partial charge in [-0.3, -0.25) is 14.4 Å². The zero-order valence-electron chi connectivity index (χ0n) is 21.4. The van der Waals surface area contributed by atoms with E-state index >= 15 is 0 Å². The molecular weight excluding hydrogens is 549 g/mol. The van der Waals surface area contributed by atoms with Crippen molar-refractivity contribution < 1.29 is 22.7 Å². The van der Waals surface area contributed by atoms with Gasteiger partial charge in [0, 0.05) is 41.5 Å². The highest BCUT2D eigenvalue weighted by Crippen LogP contribution is 2.36. The number of alkyl halides is 3. The Hall–Kier alpha value is -5.85. The highest BCUT2D eigenvalue weighted by atomic mass is 19.4. The number of anilines is 2. The molecule has 6 rings (SSSR count). The van der Waals surface area contributed by atoms with E-state index in [2.05, 4.69) is 35.6 Å². The fourth-order valence-electron chi connectivity index (χ4n) is 4.17. The lowest BCUT2D eigenvalue weighted by atomic mass is 10.0. The molecule has 2 N–H and O–H groups in total. The first-order chi connectivity index (χ1) is 20.3. The molecule has 0 saturated carbocycles. The van der Waals surface area contributed by atoms with Crippen LogP contribution in [0.5, 0.6) is 11.8 Å². The van der Waals surface area contributed by atoms with Crippen LogP contribution in [0, 0.1) is 0 Å². The van der Waals surface area contributed by atoms with Gasteiger partial charge in [-0.2, -0.15) is 13.2 Å². The summed E-state index contributed by atoms with van der Waals surface area (Å²) in [5.41, 5.74) is 2.70. The second-order valence-corrected chi connectivity index (χ2v) is 8.91. The molecule has 0 bridgehead atoms. The molecule has 4 heterocycles. The molecule has 2 amide bonds. The summed E-state index contributed by atoms with van der Waals surface area (Å²) in [5.74, 6) is 0.486. The van der Waals surface area contributed by atoms with Crippen LogP contribution in [0.4, 0.5) is 29.3 Å². The first-order valence-electron chi connectivity index (χ1n) is 12.4. The fraction of sp³-hybridized carbons (Fsp3) is 0.0345. The monoisotopic (exact) mass is 568 g/mol. The van der Waals surface area contributed by atoms with Crippen LogP contribution in [-0.4, -0.2) is 35.4 Å². The fourth-order valence-corrected chi connectivity index (χ4v) is 4.17. The number of fused-ring (bicyclic) bond motifs is 1. The number of nitrogens with one attached hydrogen (secondary N) is 2. The van der Waals surface area contributed by atoms with Gasteiger partial charge in [-0.15, -0.1) is 0 Å². The maximum Gasteiger partial charge on any atom is 0.416 e. The van der Waals surface area contributed by atoms with Crippen LogP contribution in [0.25, 0.3) is 28.0 Å². The van der Waals surface area contributed by atoms with Gasteiger partial charge < -0.3 is 15.4 Å². The summed E-state index contributed by atoms with van der Waals surface area (Å²) in [4.78, 5) is 33.3. The van der Waals surface area contributed by atoms with E-state index in [1.54, 1.807) is 42.9 Å². The molecule has 208 valence electrons. The van der Waals surface area contributed by atoms with Gasteiger partial charge in [-0.05, 0) is 42.5 Å². The third-order valence-electron chi connectivity index (χ3n) is 6.13. The standard InChI is InChI=1S/C29H19F3N8O2/c30-29(31,32)20-5-8-23(19-2-1-9-33-13-19)24(12-20)39-27(41)38-21-14-36-28(37-15-21)42-22-6-3-18(4-7-22)25-16-35-26-17-34-10-11-40(25)26/h1-17H,(H2,38,39,41). The topological polar surface area (TPSA) is 119 Å². The molecule has 0 saturated heterocycles. The minimum Gasteiger partial charge on any atom is -0.424 e. The van der Waals surface area contributed by atoms with Gasteiger partial charge >= 0.3 is 18.2 Å². The number of ether oxygens (including phenoxy) is 1. The second-order valence-electron chi connectivity index (χ2n) is 8.91. The molecule has 0 fully saturated rings. The van der Waals surface area contributed by atoms with Gasteiger partial charge in [0.05, 0.1) is 47.4 Å². The summed E-state index contributed by atoms with van der Waals surface area (Å²) in [5, 5.41) is 4.99. The number of halogens is 3. The van der Waals surface area contributed by atoms with Crippen molar-refractivity contribution in [2.45, 2.75) is 6.18 Å². The smallest absolute Gasteiger partial charge is 0.416 e. The second kappa shape index (κ2) is 11.0. The van der Waals surface area contributed by atoms with E-state index in [1.807, 2.05) is 22.7 Å². The van der Waals surface area contributed by atoms with Crippen LogP contribution in [0.1, 0.15) is 5.56 Å². The number of imidazole rings is 1. The van der Waals surface area contributed by atoms with E-state index in [-0.39, 0.29) is 17.4 Å².